The van der Waals surface area contributed by atoms with Gasteiger partial charge in [-0.05, 0) is 23.3 Å². The van der Waals surface area contributed by atoms with Crippen LogP contribution in [0, 0.1) is 0 Å². The van der Waals surface area contributed by atoms with Crippen molar-refractivity contribution in [1.82, 2.24) is 5.32 Å². The van der Waals surface area contributed by atoms with E-state index in [1.165, 1.54) is 12.1 Å². The molecular formula is C16H16F3NO. The van der Waals surface area contributed by atoms with Gasteiger partial charge < -0.3 is 10.4 Å². The predicted octanol–water partition coefficient (Wildman–Crippen LogP) is 3.53. The van der Waals surface area contributed by atoms with Gasteiger partial charge in [0.2, 0.25) is 0 Å². The van der Waals surface area contributed by atoms with E-state index in [-0.39, 0.29) is 6.61 Å². The van der Waals surface area contributed by atoms with Gasteiger partial charge in [0.1, 0.15) is 0 Å². The number of aliphatic hydroxyl groups excluding tert-OH is 1. The lowest BCUT2D eigenvalue weighted by molar-refractivity contribution is -0.137. The topological polar surface area (TPSA) is 32.3 Å². The van der Waals surface area contributed by atoms with E-state index in [1.807, 2.05) is 30.3 Å². The first-order valence-corrected chi connectivity index (χ1v) is 6.56. The highest BCUT2D eigenvalue weighted by molar-refractivity contribution is 5.27. The fourth-order valence-electron chi connectivity index (χ4n) is 2.03. The lowest BCUT2D eigenvalue weighted by Crippen LogP contribution is -2.24. The molecule has 0 amide bonds. The largest absolute Gasteiger partial charge is 0.416 e. The minimum absolute atomic E-state index is 0.182. The Balaban J connectivity index is 2.04. The molecule has 0 fully saturated rings. The Labute approximate surface area is 121 Å². The fourth-order valence-corrected chi connectivity index (χ4v) is 2.03. The van der Waals surface area contributed by atoms with E-state index >= 15 is 0 Å². The van der Waals surface area contributed by atoms with E-state index in [2.05, 4.69) is 5.32 Å². The number of rotatable bonds is 5. The van der Waals surface area contributed by atoms with Gasteiger partial charge in [-0.15, -0.1) is 0 Å². The first-order chi connectivity index (χ1) is 10.0. The quantitative estimate of drug-likeness (QED) is 0.884. The Bertz CT molecular complexity index is 552. The zero-order valence-corrected chi connectivity index (χ0v) is 11.3. The summed E-state index contributed by atoms with van der Waals surface area (Å²) in [5.41, 5.74) is 0.982. The number of alkyl halides is 3. The lowest BCUT2D eigenvalue weighted by atomic mass is 10.0. The monoisotopic (exact) mass is 295 g/mol. The molecule has 0 aliphatic heterocycles. The molecule has 2 N–H and O–H groups in total. The zero-order valence-electron chi connectivity index (χ0n) is 11.3. The summed E-state index contributed by atoms with van der Waals surface area (Å²) in [4.78, 5) is 0. The molecule has 2 rings (SSSR count). The van der Waals surface area contributed by atoms with Gasteiger partial charge in [-0.25, -0.2) is 0 Å². The fraction of sp³-hybridized carbons (Fsp3) is 0.250. The van der Waals surface area contributed by atoms with E-state index < -0.39 is 17.8 Å². The van der Waals surface area contributed by atoms with Crippen molar-refractivity contribution in [3.8, 4) is 0 Å². The van der Waals surface area contributed by atoms with Gasteiger partial charge >= 0.3 is 6.18 Å². The number of halogens is 3. The summed E-state index contributed by atoms with van der Waals surface area (Å²) >= 11 is 0. The SMILES string of the molecule is OCC(NCc1ccccc1)c1ccc(C(F)(F)F)cc1. The highest BCUT2D eigenvalue weighted by Crippen LogP contribution is 2.29. The highest BCUT2D eigenvalue weighted by atomic mass is 19.4. The number of nitrogens with one attached hydrogen (secondary N) is 1. The number of hydrogen-bond acceptors (Lipinski definition) is 2. The molecule has 2 aromatic rings. The van der Waals surface area contributed by atoms with Crippen molar-refractivity contribution in [2.45, 2.75) is 18.8 Å². The number of benzene rings is 2. The first kappa shape index (κ1) is 15.5. The van der Waals surface area contributed by atoms with E-state index in [4.69, 9.17) is 0 Å². The molecule has 0 saturated carbocycles. The number of aliphatic hydroxyl groups is 1. The molecule has 0 saturated heterocycles. The van der Waals surface area contributed by atoms with Crippen LogP contribution in [0.2, 0.25) is 0 Å². The van der Waals surface area contributed by atoms with Crippen LogP contribution in [-0.4, -0.2) is 11.7 Å². The van der Waals surface area contributed by atoms with Crippen molar-refractivity contribution in [2.24, 2.45) is 0 Å². The molecule has 5 heteroatoms. The molecule has 0 bridgehead atoms. The molecule has 0 spiro atoms. The highest BCUT2D eigenvalue weighted by Gasteiger charge is 2.30. The van der Waals surface area contributed by atoms with Crippen LogP contribution in [0.25, 0.3) is 0 Å². The van der Waals surface area contributed by atoms with Gasteiger partial charge in [-0.3, -0.25) is 0 Å². The average molecular weight is 295 g/mol. The molecule has 2 nitrogen and oxygen atoms in total. The van der Waals surface area contributed by atoms with Gasteiger partial charge in [0.25, 0.3) is 0 Å². The summed E-state index contributed by atoms with van der Waals surface area (Å²) in [6, 6.07) is 14.0. The zero-order chi connectivity index (χ0) is 15.3. The van der Waals surface area contributed by atoms with Gasteiger partial charge in [-0.2, -0.15) is 13.2 Å². The van der Waals surface area contributed by atoms with Crippen molar-refractivity contribution in [3.05, 3.63) is 71.3 Å². The minimum Gasteiger partial charge on any atom is -0.394 e. The molecule has 21 heavy (non-hydrogen) atoms. The maximum atomic E-state index is 12.5. The summed E-state index contributed by atoms with van der Waals surface area (Å²) in [7, 11) is 0. The molecule has 112 valence electrons. The molecule has 0 radical (unpaired) electrons. The second-order valence-corrected chi connectivity index (χ2v) is 4.72. The van der Waals surface area contributed by atoms with Crippen LogP contribution in [0.5, 0.6) is 0 Å². The van der Waals surface area contributed by atoms with E-state index in [0.29, 0.717) is 12.1 Å². The number of hydrogen-bond donors (Lipinski definition) is 2. The Morgan fingerprint density at radius 1 is 0.952 bits per heavy atom. The lowest BCUT2D eigenvalue weighted by Gasteiger charge is -2.17. The van der Waals surface area contributed by atoms with Crippen LogP contribution in [0.3, 0.4) is 0 Å². The van der Waals surface area contributed by atoms with Crippen molar-refractivity contribution in [3.63, 3.8) is 0 Å². The molecule has 0 aliphatic carbocycles. The first-order valence-electron chi connectivity index (χ1n) is 6.56. The third-order valence-electron chi connectivity index (χ3n) is 3.22. The van der Waals surface area contributed by atoms with E-state index in [0.717, 1.165) is 17.7 Å². The summed E-state index contributed by atoms with van der Waals surface area (Å²) in [5, 5.41) is 12.5. The Kier molecular flexibility index (Phi) is 4.98. The predicted molar refractivity (Wildman–Crippen MR) is 74.6 cm³/mol. The minimum atomic E-state index is -4.34. The second-order valence-electron chi connectivity index (χ2n) is 4.72. The standard InChI is InChI=1S/C16H16F3NO/c17-16(18,19)14-8-6-13(7-9-14)15(11-21)20-10-12-4-2-1-3-5-12/h1-9,15,20-21H,10-11H2. The Hall–Kier alpha value is -1.85. The molecule has 2 aromatic carbocycles. The van der Waals surface area contributed by atoms with Crippen molar-refractivity contribution >= 4 is 0 Å². The van der Waals surface area contributed by atoms with E-state index in [9.17, 15) is 18.3 Å². The van der Waals surface area contributed by atoms with Crippen LogP contribution in [0.15, 0.2) is 54.6 Å². The van der Waals surface area contributed by atoms with Crippen molar-refractivity contribution in [1.29, 1.82) is 0 Å². The smallest absolute Gasteiger partial charge is 0.394 e. The van der Waals surface area contributed by atoms with E-state index in [1.54, 1.807) is 0 Å². The second kappa shape index (κ2) is 6.74. The maximum Gasteiger partial charge on any atom is 0.416 e. The van der Waals surface area contributed by atoms with Crippen molar-refractivity contribution < 1.29 is 18.3 Å². The molecule has 0 aromatic heterocycles. The third-order valence-corrected chi connectivity index (χ3v) is 3.22. The molecule has 1 unspecified atom stereocenters. The Morgan fingerprint density at radius 3 is 2.10 bits per heavy atom. The van der Waals surface area contributed by atoms with Gasteiger partial charge in [0.05, 0.1) is 18.2 Å². The maximum absolute atomic E-state index is 12.5. The normalized spacial score (nSPS) is 13.1. The van der Waals surface area contributed by atoms with Gasteiger partial charge in [-0.1, -0.05) is 42.5 Å². The molecule has 0 aliphatic rings. The van der Waals surface area contributed by atoms with Crippen LogP contribution < -0.4 is 5.32 Å². The summed E-state index contributed by atoms with van der Waals surface area (Å²) < 4.78 is 37.5. The third kappa shape index (κ3) is 4.31. The van der Waals surface area contributed by atoms with Crippen LogP contribution in [-0.2, 0) is 12.7 Å². The molecule has 1 atom stereocenters. The average Bonchev–Trinajstić information content (AvgIpc) is 2.48. The van der Waals surface area contributed by atoms with Crippen LogP contribution in [0.4, 0.5) is 13.2 Å². The Morgan fingerprint density at radius 2 is 1.57 bits per heavy atom. The summed E-state index contributed by atoms with van der Waals surface area (Å²) in [5.74, 6) is 0. The van der Waals surface area contributed by atoms with Crippen LogP contribution in [0.1, 0.15) is 22.7 Å². The van der Waals surface area contributed by atoms with Gasteiger partial charge in [0, 0.05) is 6.54 Å². The molecular weight excluding hydrogens is 279 g/mol. The summed E-state index contributed by atoms with van der Waals surface area (Å²) in [6.07, 6.45) is -4.34. The summed E-state index contributed by atoms with van der Waals surface area (Å²) in [6.45, 7) is 0.352. The van der Waals surface area contributed by atoms with Crippen molar-refractivity contribution in [2.75, 3.05) is 6.61 Å². The molecule has 0 heterocycles. The van der Waals surface area contributed by atoms with Gasteiger partial charge in [0.15, 0.2) is 0 Å². The van der Waals surface area contributed by atoms with Crippen LogP contribution >= 0.6 is 0 Å².